The van der Waals surface area contributed by atoms with Crippen molar-refractivity contribution in [3.05, 3.63) is 47.5 Å². The fraction of sp³-hybridized carbons (Fsp3) is 0.667. The SMILES string of the molecule is CCCCCc1ccc(C#C/C=C/C2CCC(C3CCC(CCC)CC3)CC2)cc1. The number of benzene rings is 1. The Bertz CT molecular complexity index is 667. The van der Waals surface area contributed by atoms with Crippen molar-refractivity contribution in [3.63, 3.8) is 0 Å². The number of hydrogen-bond donors (Lipinski definition) is 0. The number of rotatable bonds is 8. The summed E-state index contributed by atoms with van der Waals surface area (Å²) >= 11 is 0. The van der Waals surface area contributed by atoms with Gasteiger partial charge in [-0.05, 0) is 98.8 Å². The predicted molar refractivity (Wildman–Crippen MR) is 131 cm³/mol. The summed E-state index contributed by atoms with van der Waals surface area (Å²) < 4.78 is 0. The normalized spacial score (nSPS) is 27.0. The number of unbranched alkanes of at least 4 members (excludes halogenated alkanes) is 2. The lowest BCUT2D eigenvalue weighted by Gasteiger charge is -2.37. The van der Waals surface area contributed by atoms with Gasteiger partial charge in [-0.2, -0.15) is 0 Å². The highest BCUT2D eigenvalue weighted by molar-refractivity contribution is 5.38. The Balaban J connectivity index is 1.36. The molecule has 3 rings (SSSR count). The lowest BCUT2D eigenvalue weighted by molar-refractivity contribution is 0.152. The van der Waals surface area contributed by atoms with E-state index in [-0.39, 0.29) is 0 Å². The minimum atomic E-state index is 0.757. The Kier molecular flexibility index (Phi) is 10.1. The first kappa shape index (κ1) is 23.2. The minimum Gasteiger partial charge on any atom is -0.0730 e. The average Bonchev–Trinajstić information content (AvgIpc) is 2.79. The van der Waals surface area contributed by atoms with Crippen molar-refractivity contribution in [1.29, 1.82) is 0 Å². The molecule has 0 radical (unpaired) electrons. The first-order valence-electron chi connectivity index (χ1n) is 13.1. The van der Waals surface area contributed by atoms with Gasteiger partial charge in [-0.25, -0.2) is 0 Å². The maximum Gasteiger partial charge on any atom is 0.0249 e. The highest BCUT2D eigenvalue weighted by atomic mass is 14.3. The van der Waals surface area contributed by atoms with Gasteiger partial charge in [0.25, 0.3) is 0 Å². The summed E-state index contributed by atoms with van der Waals surface area (Å²) in [4.78, 5) is 0. The number of hydrogen-bond acceptors (Lipinski definition) is 0. The molecule has 2 aliphatic carbocycles. The van der Waals surface area contributed by atoms with E-state index in [0.717, 1.165) is 29.2 Å². The van der Waals surface area contributed by atoms with Crippen molar-refractivity contribution in [3.8, 4) is 11.8 Å². The van der Waals surface area contributed by atoms with Crippen LogP contribution in [0.15, 0.2) is 36.4 Å². The van der Waals surface area contributed by atoms with E-state index in [1.807, 2.05) is 0 Å². The van der Waals surface area contributed by atoms with E-state index in [1.54, 1.807) is 0 Å². The van der Waals surface area contributed by atoms with E-state index in [4.69, 9.17) is 0 Å². The molecular weight excluding hydrogens is 360 g/mol. The van der Waals surface area contributed by atoms with Crippen molar-refractivity contribution in [1.82, 2.24) is 0 Å². The molecule has 0 spiro atoms. The molecular formula is C30H44. The van der Waals surface area contributed by atoms with E-state index < -0.39 is 0 Å². The summed E-state index contributed by atoms with van der Waals surface area (Å²) in [5.41, 5.74) is 2.58. The molecule has 0 aliphatic heterocycles. The van der Waals surface area contributed by atoms with Crippen LogP contribution >= 0.6 is 0 Å². The molecule has 1 aromatic carbocycles. The van der Waals surface area contributed by atoms with Gasteiger partial charge in [0.05, 0.1) is 0 Å². The van der Waals surface area contributed by atoms with E-state index in [2.05, 4.69) is 62.1 Å². The lowest BCUT2D eigenvalue weighted by atomic mass is 9.69. The van der Waals surface area contributed by atoms with E-state index in [1.165, 1.54) is 95.5 Å². The second-order valence-electron chi connectivity index (χ2n) is 10.0. The quantitative estimate of drug-likeness (QED) is 0.300. The molecule has 30 heavy (non-hydrogen) atoms. The maximum absolute atomic E-state index is 3.32. The molecule has 2 aliphatic rings. The highest BCUT2D eigenvalue weighted by Gasteiger charge is 2.29. The molecule has 2 fully saturated rings. The molecule has 0 heteroatoms. The van der Waals surface area contributed by atoms with Crippen LogP contribution in [0.3, 0.4) is 0 Å². The van der Waals surface area contributed by atoms with Crippen LogP contribution in [0.25, 0.3) is 0 Å². The summed E-state index contributed by atoms with van der Waals surface area (Å²) in [5, 5.41) is 0. The summed E-state index contributed by atoms with van der Waals surface area (Å²) in [7, 11) is 0. The van der Waals surface area contributed by atoms with Gasteiger partial charge in [-0.1, -0.05) is 82.4 Å². The third-order valence-electron chi connectivity index (χ3n) is 7.76. The third-order valence-corrected chi connectivity index (χ3v) is 7.76. The summed E-state index contributed by atoms with van der Waals surface area (Å²) in [6.45, 7) is 4.60. The molecule has 0 heterocycles. The van der Waals surface area contributed by atoms with Gasteiger partial charge in [0, 0.05) is 5.56 Å². The fourth-order valence-electron chi connectivity index (χ4n) is 5.81. The first-order chi connectivity index (χ1) is 14.8. The van der Waals surface area contributed by atoms with Crippen molar-refractivity contribution >= 4 is 0 Å². The van der Waals surface area contributed by atoms with Crippen molar-refractivity contribution in [2.24, 2.45) is 23.7 Å². The van der Waals surface area contributed by atoms with E-state index >= 15 is 0 Å². The van der Waals surface area contributed by atoms with Crippen LogP contribution in [-0.2, 0) is 6.42 Å². The lowest BCUT2D eigenvalue weighted by Crippen LogP contribution is -2.25. The second-order valence-corrected chi connectivity index (χ2v) is 10.0. The zero-order chi connectivity index (χ0) is 21.0. The first-order valence-corrected chi connectivity index (χ1v) is 13.1. The van der Waals surface area contributed by atoms with Crippen LogP contribution < -0.4 is 0 Å². The zero-order valence-electron chi connectivity index (χ0n) is 19.7. The Morgan fingerprint density at radius 3 is 2.10 bits per heavy atom. The van der Waals surface area contributed by atoms with Gasteiger partial charge in [0.15, 0.2) is 0 Å². The van der Waals surface area contributed by atoms with Gasteiger partial charge in [-0.3, -0.25) is 0 Å². The molecule has 1 aromatic rings. The van der Waals surface area contributed by atoms with Gasteiger partial charge in [-0.15, -0.1) is 0 Å². The molecule has 0 N–H and O–H groups in total. The molecule has 0 nitrogen and oxygen atoms in total. The van der Waals surface area contributed by atoms with Gasteiger partial charge in [0.1, 0.15) is 0 Å². The number of allylic oxidation sites excluding steroid dienone is 2. The zero-order valence-corrected chi connectivity index (χ0v) is 19.7. The van der Waals surface area contributed by atoms with Crippen LogP contribution in [0, 0.1) is 35.5 Å². The minimum absolute atomic E-state index is 0.757. The predicted octanol–water partition coefficient (Wildman–Crippen LogP) is 8.74. The van der Waals surface area contributed by atoms with Crippen LogP contribution in [-0.4, -0.2) is 0 Å². The summed E-state index contributed by atoms with van der Waals surface area (Å²) in [5.74, 6) is 10.4. The second kappa shape index (κ2) is 13.0. The highest BCUT2D eigenvalue weighted by Crippen LogP contribution is 2.42. The van der Waals surface area contributed by atoms with Crippen LogP contribution in [0.2, 0.25) is 0 Å². The summed E-state index contributed by atoms with van der Waals surface area (Å²) in [6, 6.07) is 8.87. The Morgan fingerprint density at radius 1 is 0.800 bits per heavy atom. The largest absolute Gasteiger partial charge is 0.0730 e. The topological polar surface area (TPSA) is 0 Å². The molecule has 0 aromatic heterocycles. The maximum atomic E-state index is 3.32. The third kappa shape index (κ3) is 7.65. The average molecular weight is 405 g/mol. The van der Waals surface area contributed by atoms with Gasteiger partial charge in [0.2, 0.25) is 0 Å². The van der Waals surface area contributed by atoms with Gasteiger partial charge >= 0.3 is 0 Å². The monoisotopic (exact) mass is 404 g/mol. The van der Waals surface area contributed by atoms with Crippen LogP contribution in [0.1, 0.15) is 108 Å². The molecule has 0 atom stereocenters. The molecule has 0 bridgehead atoms. The molecule has 0 saturated heterocycles. The van der Waals surface area contributed by atoms with Crippen molar-refractivity contribution in [2.75, 3.05) is 0 Å². The Hall–Kier alpha value is -1.48. The van der Waals surface area contributed by atoms with Gasteiger partial charge < -0.3 is 0 Å². The van der Waals surface area contributed by atoms with Crippen LogP contribution in [0.5, 0.6) is 0 Å². The molecule has 0 unspecified atom stereocenters. The summed E-state index contributed by atoms with van der Waals surface area (Å²) in [6.07, 6.45) is 24.2. The Labute approximate surface area is 186 Å². The van der Waals surface area contributed by atoms with Crippen molar-refractivity contribution in [2.45, 2.75) is 104 Å². The van der Waals surface area contributed by atoms with E-state index in [9.17, 15) is 0 Å². The smallest absolute Gasteiger partial charge is 0.0249 e. The molecule has 2 saturated carbocycles. The van der Waals surface area contributed by atoms with E-state index in [0.29, 0.717) is 0 Å². The van der Waals surface area contributed by atoms with Crippen molar-refractivity contribution < 1.29 is 0 Å². The fourth-order valence-corrected chi connectivity index (χ4v) is 5.81. The standard InChI is InChI=1S/C30H44/c1-3-5-6-10-26-13-15-27(16-14-26)11-7-8-12-28-19-23-30(24-20-28)29-21-17-25(9-4-2)18-22-29/h8,12-16,25,28-30H,3-6,9-10,17-24H2,1-2H3/b12-8+. The van der Waals surface area contributed by atoms with Crippen LogP contribution in [0.4, 0.5) is 0 Å². The molecule has 164 valence electrons. The Morgan fingerprint density at radius 2 is 1.47 bits per heavy atom. The molecule has 0 amide bonds. The number of aryl methyl sites for hydroxylation is 1.